The fourth-order valence-corrected chi connectivity index (χ4v) is 4.05. The Hall–Kier alpha value is -0.980. The Morgan fingerprint density at radius 2 is 2.14 bits per heavy atom. The topological polar surface area (TPSA) is 52.4 Å². The van der Waals surface area contributed by atoms with Gasteiger partial charge in [0.2, 0.25) is 0 Å². The molecule has 3 aliphatic heterocycles. The van der Waals surface area contributed by atoms with Crippen LogP contribution in [0.1, 0.15) is 50.7 Å². The molecule has 2 atom stereocenters. The SMILES string of the molecule is CC1(C)OC[C@H](CN2CCC[C@H](c3nnc4n3CCC4)C2)O1. The summed E-state index contributed by atoms with van der Waals surface area (Å²) in [7, 11) is 0. The second kappa shape index (κ2) is 5.58. The number of hydrogen-bond acceptors (Lipinski definition) is 5. The van der Waals surface area contributed by atoms with Gasteiger partial charge in [-0.3, -0.25) is 4.90 Å². The third-order valence-corrected chi connectivity index (χ3v) is 5.04. The van der Waals surface area contributed by atoms with E-state index in [0.29, 0.717) is 12.5 Å². The molecule has 0 radical (unpaired) electrons. The zero-order valence-corrected chi connectivity index (χ0v) is 13.6. The summed E-state index contributed by atoms with van der Waals surface area (Å²) in [5, 5.41) is 8.85. The predicted octanol–water partition coefficient (Wildman–Crippen LogP) is 1.56. The molecule has 0 bridgehead atoms. The van der Waals surface area contributed by atoms with Crippen LogP contribution in [0.3, 0.4) is 0 Å². The van der Waals surface area contributed by atoms with Gasteiger partial charge in [0.05, 0.1) is 12.7 Å². The molecule has 2 saturated heterocycles. The van der Waals surface area contributed by atoms with Crippen LogP contribution in [0.4, 0.5) is 0 Å². The average Bonchev–Trinajstić information content (AvgIpc) is 3.14. The minimum Gasteiger partial charge on any atom is -0.348 e. The van der Waals surface area contributed by atoms with Gasteiger partial charge >= 0.3 is 0 Å². The van der Waals surface area contributed by atoms with E-state index < -0.39 is 5.79 Å². The van der Waals surface area contributed by atoms with E-state index in [2.05, 4.69) is 19.7 Å². The van der Waals surface area contributed by atoms with Gasteiger partial charge < -0.3 is 14.0 Å². The van der Waals surface area contributed by atoms with Crippen molar-refractivity contribution >= 4 is 0 Å². The molecule has 1 aromatic rings. The molecule has 1 aromatic heterocycles. The second-order valence-electron chi connectivity index (χ2n) is 7.28. The molecule has 0 N–H and O–H groups in total. The fourth-order valence-electron chi connectivity index (χ4n) is 4.05. The summed E-state index contributed by atoms with van der Waals surface area (Å²) in [6.07, 6.45) is 4.95. The number of nitrogens with zero attached hydrogens (tertiary/aromatic N) is 4. The average molecular weight is 306 g/mol. The number of rotatable bonds is 3. The molecule has 0 unspecified atom stereocenters. The van der Waals surface area contributed by atoms with E-state index in [1.165, 1.54) is 30.9 Å². The van der Waals surface area contributed by atoms with Gasteiger partial charge in [0.1, 0.15) is 11.6 Å². The summed E-state index contributed by atoms with van der Waals surface area (Å²) in [6, 6.07) is 0. The van der Waals surface area contributed by atoms with Gasteiger partial charge in [-0.25, -0.2) is 0 Å². The van der Waals surface area contributed by atoms with Gasteiger partial charge in [0.15, 0.2) is 5.79 Å². The normalized spacial score (nSPS) is 31.5. The number of fused-ring (bicyclic) bond motifs is 1. The summed E-state index contributed by atoms with van der Waals surface area (Å²) in [6.45, 7) is 8.96. The molecule has 122 valence electrons. The lowest BCUT2D eigenvalue weighted by molar-refractivity contribution is -0.140. The molecule has 4 heterocycles. The second-order valence-corrected chi connectivity index (χ2v) is 7.28. The standard InChI is InChI=1S/C16H26N4O2/c1-16(2)21-11-13(22-16)10-19-7-3-5-12(9-19)15-18-17-14-6-4-8-20(14)15/h12-13H,3-11H2,1-2H3/t12-,13-/m0/s1. The lowest BCUT2D eigenvalue weighted by Crippen LogP contribution is -2.41. The van der Waals surface area contributed by atoms with Crippen LogP contribution in [0, 0.1) is 0 Å². The molecule has 0 amide bonds. The van der Waals surface area contributed by atoms with E-state index in [1.54, 1.807) is 0 Å². The number of piperidine rings is 1. The Labute approximate surface area is 131 Å². The summed E-state index contributed by atoms with van der Waals surface area (Å²) >= 11 is 0. The molecule has 0 saturated carbocycles. The predicted molar refractivity (Wildman–Crippen MR) is 81.7 cm³/mol. The fraction of sp³-hybridized carbons (Fsp3) is 0.875. The highest BCUT2D eigenvalue weighted by Crippen LogP contribution is 2.30. The summed E-state index contributed by atoms with van der Waals surface area (Å²) in [5.74, 6) is 2.49. The molecule has 0 spiro atoms. The van der Waals surface area contributed by atoms with E-state index in [9.17, 15) is 0 Å². The highest BCUT2D eigenvalue weighted by atomic mass is 16.7. The first kappa shape index (κ1) is 14.6. The maximum Gasteiger partial charge on any atom is 0.163 e. The monoisotopic (exact) mass is 306 g/mol. The van der Waals surface area contributed by atoms with Crippen LogP contribution >= 0.6 is 0 Å². The van der Waals surface area contributed by atoms with Crippen LogP contribution < -0.4 is 0 Å². The van der Waals surface area contributed by atoms with E-state index in [4.69, 9.17) is 9.47 Å². The summed E-state index contributed by atoms with van der Waals surface area (Å²) in [4.78, 5) is 2.51. The van der Waals surface area contributed by atoms with Crippen molar-refractivity contribution in [3.63, 3.8) is 0 Å². The van der Waals surface area contributed by atoms with E-state index in [1.807, 2.05) is 13.8 Å². The number of aromatic nitrogens is 3. The quantitative estimate of drug-likeness (QED) is 0.848. The van der Waals surface area contributed by atoms with Gasteiger partial charge in [0, 0.05) is 32.0 Å². The molecule has 22 heavy (non-hydrogen) atoms. The first-order valence-electron chi connectivity index (χ1n) is 8.57. The lowest BCUT2D eigenvalue weighted by atomic mass is 9.97. The van der Waals surface area contributed by atoms with Crippen LogP contribution in [0.25, 0.3) is 0 Å². The smallest absolute Gasteiger partial charge is 0.163 e. The maximum absolute atomic E-state index is 5.95. The molecule has 6 heteroatoms. The van der Waals surface area contributed by atoms with Crippen molar-refractivity contribution in [2.75, 3.05) is 26.2 Å². The van der Waals surface area contributed by atoms with E-state index in [0.717, 1.165) is 32.6 Å². The number of ether oxygens (including phenoxy) is 2. The van der Waals surface area contributed by atoms with Crippen molar-refractivity contribution < 1.29 is 9.47 Å². The Morgan fingerprint density at radius 1 is 1.23 bits per heavy atom. The first-order chi connectivity index (χ1) is 10.6. The minimum atomic E-state index is -0.423. The minimum absolute atomic E-state index is 0.192. The molecule has 6 nitrogen and oxygen atoms in total. The van der Waals surface area contributed by atoms with Gasteiger partial charge in [-0.05, 0) is 39.7 Å². The van der Waals surface area contributed by atoms with Crippen molar-refractivity contribution in [3.8, 4) is 0 Å². The molecule has 2 fully saturated rings. The zero-order chi connectivity index (χ0) is 15.2. The van der Waals surface area contributed by atoms with Crippen LogP contribution in [0.2, 0.25) is 0 Å². The van der Waals surface area contributed by atoms with Gasteiger partial charge in [-0.2, -0.15) is 0 Å². The van der Waals surface area contributed by atoms with E-state index in [-0.39, 0.29) is 6.10 Å². The lowest BCUT2D eigenvalue weighted by Gasteiger charge is -2.33. The maximum atomic E-state index is 5.95. The van der Waals surface area contributed by atoms with Crippen LogP contribution in [-0.2, 0) is 22.4 Å². The molecular weight excluding hydrogens is 280 g/mol. The van der Waals surface area contributed by atoms with Crippen LogP contribution in [0.15, 0.2) is 0 Å². The summed E-state index contributed by atoms with van der Waals surface area (Å²) in [5.41, 5.74) is 0. The molecule has 0 aromatic carbocycles. The highest BCUT2D eigenvalue weighted by molar-refractivity contribution is 5.07. The van der Waals surface area contributed by atoms with Crippen molar-refractivity contribution in [3.05, 3.63) is 11.6 Å². The molecule has 0 aliphatic carbocycles. The number of aryl methyl sites for hydroxylation is 1. The van der Waals surface area contributed by atoms with Crippen molar-refractivity contribution in [1.29, 1.82) is 0 Å². The van der Waals surface area contributed by atoms with Gasteiger partial charge in [0.25, 0.3) is 0 Å². The Balaban J connectivity index is 1.40. The van der Waals surface area contributed by atoms with Crippen LogP contribution in [-0.4, -0.2) is 57.8 Å². The van der Waals surface area contributed by atoms with Crippen molar-refractivity contribution in [2.24, 2.45) is 0 Å². The number of likely N-dealkylation sites (tertiary alicyclic amines) is 1. The Morgan fingerprint density at radius 3 is 2.95 bits per heavy atom. The summed E-state index contributed by atoms with van der Waals surface area (Å²) < 4.78 is 14.0. The van der Waals surface area contributed by atoms with Gasteiger partial charge in [-0.1, -0.05) is 0 Å². The molecular formula is C16H26N4O2. The van der Waals surface area contributed by atoms with E-state index >= 15 is 0 Å². The zero-order valence-electron chi connectivity index (χ0n) is 13.6. The largest absolute Gasteiger partial charge is 0.348 e. The van der Waals surface area contributed by atoms with Crippen molar-refractivity contribution in [2.45, 2.75) is 63.9 Å². The number of hydrogen-bond donors (Lipinski definition) is 0. The Bertz CT molecular complexity index is 542. The van der Waals surface area contributed by atoms with Gasteiger partial charge in [-0.15, -0.1) is 10.2 Å². The first-order valence-corrected chi connectivity index (χ1v) is 8.57. The third-order valence-electron chi connectivity index (χ3n) is 5.04. The third kappa shape index (κ3) is 2.79. The van der Waals surface area contributed by atoms with Crippen molar-refractivity contribution in [1.82, 2.24) is 19.7 Å². The molecule has 4 rings (SSSR count). The highest BCUT2D eigenvalue weighted by Gasteiger charge is 2.35. The Kier molecular flexibility index (Phi) is 3.71. The van der Waals surface area contributed by atoms with Crippen LogP contribution in [0.5, 0.6) is 0 Å². The molecule has 3 aliphatic rings.